The van der Waals surface area contributed by atoms with Gasteiger partial charge in [0.05, 0.1) is 17.4 Å². The van der Waals surface area contributed by atoms with Crippen molar-refractivity contribution in [2.75, 3.05) is 26.2 Å². The summed E-state index contributed by atoms with van der Waals surface area (Å²) in [5.41, 5.74) is -0.641. The maximum atomic E-state index is 13.9. The summed E-state index contributed by atoms with van der Waals surface area (Å²) in [5.74, 6) is -0.556. The van der Waals surface area contributed by atoms with Crippen LogP contribution in [-0.4, -0.2) is 57.6 Å². The normalized spacial score (nSPS) is 17.9. The Bertz CT molecular complexity index is 971. The van der Waals surface area contributed by atoms with Gasteiger partial charge in [0.25, 0.3) is 5.91 Å². The molecular formula is C22H25F3N4O2. The van der Waals surface area contributed by atoms with E-state index in [0.717, 1.165) is 36.6 Å². The van der Waals surface area contributed by atoms with Crippen LogP contribution in [-0.2, 0) is 11.0 Å². The minimum absolute atomic E-state index is 0.0476. The molecule has 0 atom stereocenters. The van der Waals surface area contributed by atoms with Crippen LogP contribution in [0.15, 0.2) is 30.5 Å². The second-order valence-corrected chi connectivity index (χ2v) is 8.20. The van der Waals surface area contributed by atoms with E-state index in [4.69, 9.17) is 0 Å². The number of hydrogen-bond donors (Lipinski definition) is 0. The van der Waals surface area contributed by atoms with E-state index in [-0.39, 0.29) is 30.6 Å². The Hall–Kier alpha value is -2.84. The lowest BCUT2D eigenvalue weighted by Crippen LogP contribution is -2.52. The number of amides is 2. The van der Waals surface area contributed by atoms with Crippen LogP contribution in [0.3, 0.4) is 0 Å². The molecule has 0 N–H and O–H groups in total. The molecule has 166 valence electrons. The number of carbonyl (C=O) groups excluding carboxylic acids is 2. The van der Waals surface area contributed by atoms with Crippen molar-refractivity contribution in [1.82, 2.24) is 19.6 Å². The Morgan fingerprint density at radius 3 is 2.23 bits per heavy atom. The molecule has 2 fully saturated rings. The van der Waals surface area contributed by atoms with E-state index in [1.54, 1.807) is 36.1 Å². The summed E-state index contributed by atoms with van der Waals surface area (Å²) in [4.78, 5) is 28.7. The third-order valence-corrected chi connectivity index (χ3v) is 6.19. The van der Waals surface area contributed by atoms with Gasteiger partial charge in [-0.2, -0.15) is 18.3 Å². The average molecular weight is 434 g/mol. The highest BCUT2D eigenvalue weighted by molar-refractivity contribution is 5.95. The molecule has 1 aliphatic carbocycles. The molecule has 2 aliphatic rings. The molecule has 0 unspecified atom stereocenters. The second-order valence-electron chi connectivity index (χ2n) is 8.20. The molecule has 2 aromatic rings. The van der Waals surface area contributed by atoms with Gasteiger partial charge in [-0.3, -0.25) is 9.59 Å². The summed E-state index contributed by atoms with van der Waals surface area (Å²) in [7, 11) is 0. The Labute approximate surface area is 178 Å². The van der Waals surface area contributed by atoms with E-state index < -0.39 is 23.3 Å². The monoisotopic (exact) mass is 434 g/mol. The molecule has 6 nitrogen and oxygen atoms in total. The van der Waals surface area contributed by atoms with Gasteiger partial charge >= 0.3 is 6.18 Å². The quantitative estimate of drug-likeness (QED) is 0.741. The number of carbonyl (C=O) groups is 2. The predicted octanol–water partition coefficient (Wildman–Crippen LogP) is 3.67. The van der Waals surface area contributed by atoms with Crippen molar-refractivity contribution in [1.29, 1.82) is 0 Å². The third kappa shape index (κ3) is 4.18. The smallest absolute Gasteiger partial charge is 0.339 e. The summed E-state index contributed by atoms with van der Waals surface area (Å²) < 4.78 is 42.6. The summed E-state index contributed by atoms with van der Waals surface area (Å²) in [6.45, 7) is 2.80. The fourth-order valence-electron chi connectivity index (χ4n) is 4.49. The number of benzene rings is 1. The zero-order valence-electron chi connectivity index (χ0n) is 17.4. The van der Waals surface area contributed by atoms with Gasteiger partial charge < -0.3 is 9.80 Å². The maximum absolute atomic E-state index is 13.9. The number of halogens is 3. The number of aromatic nitrogens is 2. The zero-order valence-corrected chi connectivity index (χ0v) is 17.4. The van der Waals surface area contributed by atoms with Crippen LogP contribution in [0.4, 0.5) is 13.2 Å². The van der Waals surface area contributed by atoms with Crippen molar-refractivity contribution in [2.24, 2.45) is 5.92 Å². The van der Waals surface area contributed by atoms with E-state index in [1.807, 2.05) is 0 Å². The molecule has 4 rings (SSSR count). The van der Waals surface area contributed by atoms with E-state index >= 15 is 0 Å². The average Bonchev–Trinajstić information content (AvgIpc) is 3.43. The number of alkyl halides is 3. The Morgan fingerprint density at radius 2 is 1.61 bits per heavy atom. The van der Waals surface area contributed by atoms with Crippen LogP contribution in [0.5, 0.6) is 0 Å². The molecule has 0 bridgehead atoms. The zero-order chi connectivity index (χ0) is 22.2. The minimum atomic E-state index is -4.75. The van der Waals surface area contributed by atoms with Crippen LogP contribution in [0, 0.1) is 12.8 Å². The van der Waals surface area contributed by atoms with Crippen molar-refractivity contribution in [3.05, 3.63) is 47.3 Å². The molecule has 1 aromatic carbocycles. The number of hydrogen-bond acceptors (Lipinski definition) is 3. The molecule has 1 saturated carbocycles. The van der Waals surface area contributed by atoms with E-state index in [9.17, 15) is 22.8 Å². The maximum Gasteiger partial charge on any atom is 0.434 e. The third-order valence-electron chi connectivity index (χ3n) is 6.19. The van der Waals surface area contributed by atoms with Crippen molar-refractivity contribution in [3.63, 3.8) is 0 Å². The lowest BCUT2D eigenvalue weighted by Gasteiger charge is -2.36. The standard InChI is InChI=1S/C22H25F3N4O2/c1-15-6-2-5-9-18(15)29-19(22(23,24)25)17(14-26-29)21(31)28-12-10-27(11-13-28)20(30)16-7-3-4-8-16/h2,5-6,9,14,16H,3-4,7-8,10-13H2,1H3. The van der Waals surface area contributed by atoms with Crippen molar-refractivity contribution in [3.8, 4) is 5.69 Å². The summed E-state index contributed by atoms with van der Waals surface area (Å²) in [6, 6.07) is 6.60. The topological polar surface area (TPSA) is 58.4 Å². The first kappa shape index (κ1) is 21.4. The molecule has 0 spiro atoms. The van der Waals surface area contributed by atoms with Gasteiger partial charge in [-0.15, -0.1) is 0 Å². The van der Waals surface area contributed by atoms with Gasteiger partial charge in [0, 0.05) is 32.1 Å². The van der Waals surface area contributed by atoms with Gasteiger partial charge in [-0.25, -0.2) is 4.68 Å². The van der Waals surface area contributed by atoms with Gasteiger partial charge in [0.1, 0.15) is 0 Å². The lowest BCUT2D eigenvalue weighted by atomic mass is 10.1. The molecule has 2 amide bonds. The fourth-order valence-corrected chi connectivity index (χ4v) is 4.49. The highest BCUT2D eigenvalue weighted by atomic mass is 19.4. The number of para-hydroxylation sites is 1. The highest BCUT2D eigenvalue weighted by Crippen LogP contribution is 2.35. The fraction of sp³-hybridized carbons (Fsp3) is 0.500. The number of aryl methyl sites for hydroxylation is 1. The van der Waals surface area contributed by atoms with Crippen LogP contribution in [0.1, 0.15) is 47.3 Å². The Balaban J connectivity index is 1.54. The minimum Gasteiger partial charge on any atom is -0.339 e. The first-order valence-corrected chi connectivity index (χ1v) is 10.6. The number of piperazine rings is 1. The van der Waals surface area contributed by atoms with Crippen LogP contribution in [0.25, 0.3) is 5.69 Å². The molecule has 1 aromatic heterocycles. The Morgan fingerprint density at radius 1 is 1.00 bits per heavy atom. The van der Waals surface area contributed by atoms with Gasteiger partial charge in [-0.1, -0.05) is 31.0 Å². The van der Waals surface area contributed by atoms with Crippen LogP contribution >= 0.6 is 0 Å². The van der Waals surface area contributed by atoms with Crippen molar-refractivity contribution < 1.29 is 22.8 Å². The molecule has 1 aliphatic heterocycles. The van der Waals surface area contributed by atoms with Crippen molar-refractivity contribution in [2.45, 2.75) is 38.8 Å². The first-order valence-electron chi connectivity index (χ1n) is 10.6. The van der Waals surface area contributed by atoms with Gasteiger partial charge in [0.15, 0.2) is 5.69 Å². The number of rotatable bonds is 3. The summed E-state index contributed by atoms with van der Waals surface area (Å²) in [6.07, 6.45) is 0.146. The summed E-state index contributed by atoms with van der Waals surface area (Å²) >= 11 is 0. The molecule has 0 radical (unpaired) electrons. The second kappa shape index (κ2) is 8.36. The van der Waals surface area contributed by atoms with Gasteiger partial charge in [-0.05, 0) is 31.4 Å². The van der Waals surface area contributed by atoms with E-state index in [1.165, 1.54) is 4.90 Å². The van der Waals surface area contributed by atoms with E-state index in [2.05, 4.69) is 5.10 Å². The number of nitrogens with zero attached hydrogens (tertiary/aromatic N) is 4. The lowest BCUT2D eigenvalue weighted by molar-refractivity contribution is -0.143. The van der Waals surface area contributed by atoms with E-state index in [0.29, 0.717) is 18.7 Å². The molecule has 2 heterocycles. The first-order chi connectivity index (χ1) is 14.8. The largest absolute Gasteiger partial charge is 0.434 e. The van der Waals surface area contributed by atoms with Crippen molar-refractivity contribution >= 4 is 11.8 Å². The van der Waals surface area contributed by atoms with Crippen LogP contribution < -0.4 is 0 Å². The predicted molar refractivity (Wildman–Crippen MR) is 108 cm³/mol. The molecule has 1 saturated heterocycles. The SMILES string of the molecule is Cc1ccccc1-n1ncc(C(=O)N2CCN(C(=O)C3CCCC3)CC2)c1C(F)(F)F. The molecular weight excluding hydrogens is 409 g/mol. The molecule has 31 heavy (non-hydrogen) atoms. The summed E-state index contributed by atoms with van der Waals surface area (Å²) in [5, 5.41) is 3.91. The van der Waals surface area contributed by atoms with Gasteiger partial charge in [0.2, 0.25) is 5.91 Å². The Kier molecular flexibility index (Phi) is 5.77. The highest BCUT2D eigenvalue weighted by Gasteiger charge is 2.42. The van der Waals surface area contributed by atoms with Crippen LogP contribution in [0.2, 0.25) is 0 Å². The molecule has 9 heteroatoms.